The number of rotatable bonds is 2. The second kappa shape index (κ2) is 4.04. The molecule has 1 aromatic carbocycles. The molecule has 0 amide bonds. The van der Waals surface area contributed by atoms with Gasteiger partial charge in [0.15, 0.2) is 0 Å². The Morgan fingerprint density at radius 2 is 2.00 bits per heavy atom. The summed E-state index contributed by atoms with van der Waals surface area (Å²) in [4.78, 5) is 0. The summed E-state index contributed by atoms with van der Waals surface area (Å²) >= 11 is 0. The molecular formula is C11H12N4. The van der Waals surface area contributed by atoms with E-state index < -0.39 is 0 Å². The first-order valence-electron chi connectivity index (χ1n) is 4.78. The van der Waals surface area contributed by atoms with Gasteiger partial charge in [0.05, 0.1) is 0 Å². The third-order valence-corrected chi connectivity index (χ3v) is 2.38. The lowest BCUT2D eigenvalue weighted by Crippen LogP contribution is -1.83. The van der Waals surface area contributed by atoms with Crippen molar-refractivity contribution in [3.8, 4) is 11.4 Å². The zero-order valence-electron chi connectivity index (χ0n) is 8.73. The number of hydrogen-bond donors (Lipinski definition) is 1. The number of benzene rings is 1. The molecule has 0 radical (unpaired) electrons. The summed E-state index contributed by atoms with van der Waals surface area (Å²) in [6.07, 6.45) is 2.09. The van der Waals surface area contributed by atoms with Crippen molar-refractivity contribution in [2.75, 3.05) is 0 Å². The van der Waals surface area contributed by atoms with Crippen LogP contribution in [0.1, 0.15) is 19.4 Å². The normalized spacial score (nSPS) is 11.7. The molecule has 0 aliphatic rings. The molecule has 15 heavy (non-hydrogen) atoms. The first kappa shape index (κ1) is 9.58. The van der Waals surface area contributed by atoms with Crippen molar-refractivity contribution in [1.29, 1.82) is 0 Å². The predicted octanol–water partition coefficient (Wildman–Crippen LogP) is 2.29. The Morgan fingerprint density at radius 3 is 2.53 bits per heavy atom. The summed E-state index contributed by atoms with van der Waals surface area (Å²) in [6, 6.07) is 8.10. The van der Waals surface area contributed by atoms with E-state index in [0.29, 0.717) is 5.82 Å². The van der Waals surface area contributed by atoms with Crippen molar-refractivity contribution in [2.24, 2.45) is 0 Å². The topological polar surface area (TPSA) is 54.5 Å². The fourth-order valence-electron chi connectivity index (χ4n) is 1.33. The molecule has 76 valence electrons. The maximum absolute atomic E-state index is 3.92. The van der Waals surface area contributed by atoms with Crippen molar-refractivity contribution in [3.63, 3.8) is 0 Å². The average Bonchev–Trinajstić information content (AvgIpc) is 2.82. The Bertz CT molecular complexity index is 454. The van der Waals surface area contributed by atoms with Crippen LogP contribution in [-0.2, 0) is 0 Å². The van der Waals surface area contributed by atoms with Gasteiger partial charge in [-0.25, -0.2) is 0 Å². The molecule has 4 nitrogen and oxygen atoms in total. The van der Waals surface area contributed by atoms with E-state index in [2.05, 4.69) is 45.8 Å². The SMILES string of the molecule is C/C=C(\C)c1ccc(-c2nn[nH]n2)cc1. The van der Waals surface area contributed by atoms with Crippen LogP contribution in [0, 0.1) is 0 Å². The number of aromatic amines is 1. The number of aromatic nitrogens is 4. The van der Waals surface area contributed by atoms with E-state index in [4.69, 9.17) is 0 Å². The summed E-state index contributed by atoms with van der Waals surface area (Å²) in [6.45, 7) is 4.12. The van der Waals surface area contributed by atoms with Crippen LogP contribution in [0.15, 0.2) is 30.3 Å². The van der Waals surface area contributed by atoms with Gasteiger partial charge in [-0.2, -0.15) is 5.21 Å². The quantitative estimate of drug-likeness (QED) is 0.809. The second-order valence-corrected chi connectivity index (χ2v) is 3.28. The van der Waals surface area contributed by atoms with E-state index in [1.54, 1.807) is 0 Å². The highest BCUT2D eigenvalue weighted by molar-refractivity contribution is 5.66. The Hall–Kier alpha value is -1.97. The molecule has 0 saturated heterocycles. The summed E-state index contributed by atoms with van der Waals surface area (Å²) in [5.41, 5.74) is 3.44. The van der Waals surface area contributed by atoms with E-state index in [1.807, 2.05) is 19.1 Å². The van der Waals surface area contributed by atoms with E-state index in [-0.39, 0.29) is 0 Å². The molecule has 1 heterocycles. The highest BCUT2D eigenvalue weighted by Crippen LogP contribution is 2.18. The monoisotopic (exact) mass is 200 g/mol. The van der Waals surface area contributed by atoms with Gasteiger partial charge < -0.3 is 0 Å². The fourth-order valence-corrected chi connectivity index (χ4v) is 1.33. The van der Waals surface area contributed by atoms with E-state index >= 15 is 0 Å². The van der Waals surface area contributed by atoms with E-state index in [0.717, 1.165) is 5.56 Å². The zero-order valence-corrected chi connectivity index (χ0v) is 8.73. The second-order valence-electron chi connectivity index (χ2n) is 3.28. The van der Waals surface area contributed by atoms with Gasteiger partial charge in [-0.05, 0) is 30.2 Å². The molecule has 0 spiro atoms. The van der Waals surface area contributed by atoms with Gasteiger partial charge in [0, 0.05) is 5.56 Å². The van der Waals surface area contributed by atoms with Gasteiger partial charge in [0.25, 0.3) is 0 Å². The third kappa shape index (κ3) is 1.93. The van der Waals surface area contributed by atoms with Gasteiger partial charge >= 0.3 is 0 Å². The van der Waals surface area contributed by atoms with Crippen LogP contribution in [0.25, 0.3) is 17.0 Å². The smallest absolute Gasteiger partial charge is 0.177 e. The predicted molar refractivity (Wildman–Crippen MR) is 58.9 cm³/mol. The first-order valence-corrected chi connectivity index (χ1v) is 4.78. The molecular weight excluding hydrogens is 188 g/mol. The molecule has 4 heteroatoms. The van der Waals surface area contributed by atoms with Gasteiger partial charge in [0.1, 0.15) is 0 Å². The first-order chi connectivity index (χ1) is 7.31. The number of nitrogens with zero attached hydrogens (tertiary/aromatic N) is 3. The minimum Gasteiger partial charge on any atom is -0.177 e. The van der Waals surface area contributed by atoms with Crippen molar-refractivity contribution >= 4 is 5.57 Å². The number of H-pyrrole nitrogens is 1. The molecule has 0 aliphatic heterocycles. The van der Waals surface area contributed by atoms with Crippen molar-refractivity contribution in [2.45, 2.75) is 13.8 Å². The van der Waals surface area contributed by atoms with Gasteiger partial charge in [-0.15, -0.1) is 10.2 Å². The number of allylic oxidation sites excluding steroid dienone is 2. The van der Waals surface area contributed by atoms with Crippen LogP contribution in [-0.4, -0.2) is 20.6 Å². The van der Waals surface area contributed by atoms with Crippen molar-refractivity contribution in [3.05, 3.63) is 35.9 Å². The Labute approximate surface area is 88.0 Å². The largest absolute Gasteiger partial charge is 0.204 e. The lowest BCUT2D eigenvalue weighted by molar-refractivity contribution is 0.881. The molecule has 2 aromatic rings. The summed E-state index contributed by atoms with van der Waals surface area (Å²) in [5.74, 6) is 0.625. The van der Waals surface area contributed by atoms with Crippen LogP contribution < -0.4 is 0 Å². The lowest BCUT2D eigenvalue weighted by atomic mass is 10.1. The van der Waals surface area contributed by atoms with Crippen LogP contribution in [0.4, 0.5) is 0 Å². The number of tetrazole rings is 1. The van der Waals surface area contributed by atoms with Gasteiger partial charge in [-0.1, -0.05) is 30.3 Å². The van der Waals surface area contributed by atoms with Gasteiger partial charge in [0.2, 0.25) is 5.82 Å². The van der Waals surface area contributed by atoms with Crippen LogP contribution in [0.3, 0.4) is 0 Å². The highest BCUT2D eigenvalue weighted by atomic mass is 15.5. The molecule has 0 unspecified atom stereocenters. The Kier molecular flexibility index (Phi) is 2.58. The molecule has 0 atom stereocenters. The highest BCUT2D eigenvalue weighted by Gasteiger charge is 2.02. The molecule has 0 aliphatic carbocycles. The van der Waals surface area contributed by atoms with Gasteiger partial charge in [-0.3, -0.25) is 0 Å². The minimum atomic E-state index is 0.625. The lowest BCUT2D eigenvalue weighted by Gasteiger charge is -2.01. The summed E-state index contributed by atoms with van der Waals surface area (Å²) in [7, 11) is 0. The minimum absolute atomic E-state index is 0.625. The van der Waals surface area contributed by atoms with Crippen molar-refractivity contribution in [1.82, 2.24) is 20.6 Å². The average molecular weight is 200 g/mol. The standard InChI is InChI=1S/C11H12N4/c1-3-8(2)9-4-6-10(7-5-9)11-12-14-15-13-11/h3-7H,1-2H3,(H,12,13,14,15)/b8-3+. The maximum Gasteiger partial charge on any atom is 0.204 e. The molecule has 2 rings (SSSR count). The molecule has 0 bridgehead atoms. The number of hydrogen-bond acceptors (Lipinski definition) is 3. The molecule has 1 N–H and O–H groups in total. The third-order valence-electron chi connectivity index (χ3n) is 2.38. The Balaban J connectivity index is 2.33. The van der Waals surface area contributed by atoms with Crippen LogP contribution in [0.2, 0.25) is 0 Å². The molecule has 0 saturated carbocycles. The summed E-state index contributed by atoms with van der Waals surface area (Å²) < 4.78 is 0. The fraction of sp³-hybridized carbons (Fsp3) is 0.182. The Morgan fingerprint density at radius 1 is 1.27 bits per heavy atom. The maximum atomic E-state index is 3.92. The van der Waals surface area contributed by atoms with Crippen LogP contribution in [0.5, 0.6) is 0 Å². The van der Waals surface area contributed by atoms with E-state index in [1.165, 1.54) is 11.1 Å². The molecule has 1 aromatic heterocycles. The zero-order chi connectivity index (χ0) is 10.7. The number of nitrogens with one attached hydrogen (secondary N) is 1. The summed E-state index contributed by atoms with van der Waals surface area (Å²) in [5, 5.41) is 13.8. The van der Waals surface area contributed by atoms with Crippen LogP contribution >= 0.6 is 0 Å². The molecule has 0 fully saturated rings. The van der Waals surface area contributed by atoms with Crippen molar-refractivity contribution < 1.29 is 0 Å². The van der Waals surface area contributed by atoms with E-state index in [9.17, 15) is 0 Å².